The van der Waals surface area contributed by atoms with Gasteiger partial charge in [-0.1, -0.05) is 12.1 Å². The molecule has 0 aliphatic heterocycles. The average Bonchev–Trinajstić information content (AvgIpc) is 1.53. The Kier molecular flexibility index (Phi) is 20.9. The number of carbonyl (C=O) groups is 4. The van der Waals surface area contributed by atoms with Gasteiger partial charge in [0.15, 0.2) is 77.4 Å². The van der Waals surface area contributed by atoms with E-state index in [9.17, 15) is 51.7 Å². The Balaban J connectivity index is 0.000000138. The second-order valence-corrected chi connectivity index (χ2v) is 26.1. The van der Waals surface area contributed by atoms with Crippen molar-refractivity contribution in [3.05, 3.63) is 127 Å². The van der Waals surface area contributed by atoms with Gasteiger partial charge in [0.1, 0.15) is 42.6 Å². The summed E-state index contributed by atoms with van der Waals surface area (Å²) in [4.78, 5) is 82.5. The molecule has 0 atom stereocenters. The van der Waals surface area contributed by atoms with Crippen molar-refractivity contribution in [3.8, 4) is 23.0 Å². The molecule has 43 heteroatoms. The Morgan fingerprint density at radius 3 is 1.51 bits per heavy atom. The van der Waals surface area contributed by atoms with Gasteiger partial charge in [-0.25, -0.2) is 66.8 Å². The summed E-state index contributed by atoms with van der Waals surface area (Å²) in [5.74, 6) is -4.46. The lowest BCUT2D eigenvalue weighted by atomic mass is 9.84. The van der Waals surface area contributed by atoms with E-state index in [-0.39, 0.29) is 80.8 Å². The molecule has 4 aromatic carbocycles. The van der Waals surface area contributed by atoms with E-state index in [0.717, 1.165) is 64.5 Å². The third kappa shape index (κ3) is 16.0. The summed E-state index contributed by atoms with van der Waals surface area (Å²) in [6.07, 6.45) is 12.2. The second kappa shape index (κ2) is 30.2. The Bertz CT molecular complexity index is 5700. The number of carbonyl (C=O) groups excluding carboxylic acids is 4. The van der Waals surface area contributed by atoms with Crippen LogP contribution in [-0.2, 0) is 41.0 Å². The Morgan fingerprint density at radius 2 is 1.03 bits per heavy atom. The van der Waals surface area contributed by atoms with Crippen molar-refractivity contribution in [2.45, 2.75) is 39.5 Å². The summed E-state index contributed by atoms with van der Waals surface area (Å²) in [5.41, 5.74) is 3.29. The average molecular weight is 1480 g/mol. The van der Waals surface area contributed by atoms with Crippen LogP contribution in [0.3, 0.4) is 0 Å². The first-order valence-corrected chi connectivity index (χ1v) is 33.7. The molecule has 9 heterocycles. The number of benzene rings is 4. The van der Waals surface area contributed by atoms with E-state index >= 15 is 0 Å². The lowest BCUT2D eigenvalue weighted by Gasteiger charge is -2.20. The maximum absolute atomic E-state index is 13.1. The fourth-order valence-electron chi connectivity index (χ4n) is 9.30. The molecule has 1 aliphatic rings. The number of hydrogen-bond donors (Lipinski definition) is 8. The van der Waals surface area contributed by atoms with Gasteiger partial charge in [0.05, 0.1) is 74.4 Å². The highest BCUT2D eigenvalue weighted by atomic mass is 32.2. The summed E-state index contributed by atoms with van der Waals surface area (Å²) < 4.78 is 73.3. The first-order valence-electron chi connectivity index (χ1n) is 28.7. The van der Waals surface area contributed by atoms with Gasteiger partial charge < -0.3 is 35.8 Å². The van der Waals surface area contributed by atoms with E-state index in [0.29, 0.717) is 86.3 Å². The molecule has 1 aliphatic carbocycles. The van der Waals surface area contributed by atoms with Crippen molar-refractivity contribution in [1.29, 1.82) is 0 Å². The number of pyridine rings is 1. The Labute approximate surface area is 586 Å². The molecule has 0 saturated carbocycles. The molecule has 102 heavy (non-hydrogen) atoms. The number of hydrogen-bond acceptors (Lipinski definition) is 36. The molecule has 0 spiro atoms. The van der Waals surface area contributed by atoms with E-state index in [1.807, 2.05) is 0 Å². The van der Waals surface area contributed by atoms with Crippen molar-refractivity contribution in [3.63, 3.8) is 0 Å². The predicted octanol–water partition coefficient (Wildman–Crippen LogP) is 13.5. The fraction of sp³-hybridized carbons (Fsp3) is 0.136. The van der Waals surface area contributed by atoms with Gasteiger partial charge in [0.25, 0.3) is 0 Å². The highest BCUT2D eigenvalue weighted by Crippen LogP contribution is 2.50. The van der Waals surface area contributed by atoms with Gasteiger partial charge in [0.2, 0.25) is 21.8 Å². The molecule has 13 aromatic rings. The SMILES string of the molecule is CC(=O)Nc1cc(N=Nc2snc3ncncc23)c2c(NS(C)(=O)=O)cccc2c1O.CC(=O)Nc1cc(N=Nc2snc3ncncc23)c2c(c1O)C(C)(C)C(=O)C2.COC(=O)Nc1nc(N=Nc2snc3ncncc23)ccc1O.Oc1c(F)cc(N=Nc2snc3ncncc23)cc1F. The number of aromatic hydroxyl groups is 4. The van der Waals surface area contributed by atoms with Crippen LogP contribution in [-0.4, -0.2) is 128 Å². The number of phenolic OH excluding ortho intramolecular Hbond substituents is 3. The number of methoxy groups -OCH3 is 1. The van der Waals surface area contributed by atoms with E-state index in [2.05, 4.69) is 129 Å². The first-order chi connectivity index (χ1) is 48.8. The number of phenols is 3. The molecular weight excluding hydrogens is 1430 g/mol. The molecule has 8 N–H and O–H groups in total. The van der Waals surface area contributed by atoms with Crippen molar-refractivity contribution in [2.24, 2.45) is 40.9 Å². The number of halogens is 2. The summed E-state index contributed by atoms with van der Waals surface area (Å²) in [6, 6.07) is 12.2. The predicted molar refractivity (Wildman–Crippen MR) is 370 cm³/mol. The van der Waals surface area contributed by atoms with E-state index in [1.54, 1.807) is 44.6 Å². The van der Waals surface area contributed by atoms with Crippen molar-refractivity contribution >= 4 is 201 Å². The highest BCUT2D eigenvalue weighted by Gasteiger charge is 2.43. The number of fused-ring (bicyclic) bond motifs is 6. The molecule has 9 aromatic heterocycles. The Morgan fingerprint density at radius 1 is 0.569 bits per heavy atom. The molecular formula is C59H45F2N25O11S5. The zero-order valence-electron chi connectivity index (χ0n) is 52.9. The van der Waals surface area contributed by atoms with Crippen LogP contribution in [0.1, 0.15) is 38.8 Å². The summed E-state index contributed by atoms with van der Waals surface area (Å²) in [5, 5.41) is 85.1. The third-order valence-electron chi connectivity index (χ3n) is 13.9. The number of anilines is 4. The van der Waals surface area contributed by atoms with Crippen molar-refractivity contribution in [2.75, 3.05) is 34.0 Å². The number of azo groups is 4. The van der Waals surface area contributed by atoms with Gasteiger partial charge >= 0.3 is 6.09 Å². The molecule has 0 bridgehead atoms. The minimum atomic E-state index is -3.61. The van der Waals surface area contributed by atoms with E-state index < -0.39 is 44.8 Å². The number of ether oxygens (including phenoxy) is 1. The lowest BCUT2D eigenvalue weighted by molar-refractivity contribution is -0.121. The maximum Gasteiger partial charge on any atom is 0.412 e. The van der Waals surface area contributed by atoms with Crippen LogP contribution < -0.4 is 20.7 Å². The van der Waals surface area contributed by atoms with Gasteiger partial charge in [-0.15, -0.1) is 40.9 Å². The normalized spacial score (nSPS) is 12.6. The van der Waals surface area contributed by atoms with Crippen molar-refractivity contribution < 1.29 is 61.5 Å². The zero-order chi connectivity index (χ0) is 72.6. The summed E-state index contributed by atoms with van der Waals surface area (Å²) in [7, 11) is -2.41. The smallest absolute Gasteiger partial charge is 0.412 e. The maximum atomic E-state index is 13.1. The summed E-state index contributed by atoms with van der Waals surface area (Å²) >= 11 is 4.38. The van der Waals surface area contributed by atoms with Crippen molar-refractivity contribution in [1.82, 2.24) is 62.3 Å². The Hall–Kier alpha value is -12.7. The molecule has 0 fully saturated rings. The molecule has 516 valence electrons. The monoisotopic (exact) mass is 1480 g/mol. The number of sulfonamides is 1. The number of Topliss-reactive ketones (excluding diaryl/α,β-unsaturated/α-hetero) is 1. The zero-order valence-corrected chi connectivity index (χ0v) is 56.9. The number of amides is 3. The second-order valence-electron chi connectivity index (χ2n) is 21.3. The molecule has 0 unspecified atom stereocenters. The quantitative estimate of drug-likeness (QED) is 0.0392. The van der Waals surface area contributed by atoms with Crippen LogP contribution >= 0.6 is 46.1 Å². The standard InChI is InChI=1S/C18H15N7O4S2.C18H16N6O3S.C12H9N7O3S.C11H5F2N5OS/c1-9(26)21-14-6-13(22-23-18-11-7-19-8-20-17(11)24-30-18)15-10(16(14)27)4-3-5-12(15)25-31(2,28)29;1-8(25)21-12-5-11(9-4-13(26)18(2,3)14(9)15(12)27)22-23-17-10-6-19-7-20-16(10)24-28-17;1-22-12(21)16-10-7(20)2-3-8(15-10)17-18-11-6-4-13-5-14-9(6)19-23-11;12-7-1-5(2-8(13)9(7)19)16-17-11-6-3-14-4-15-10(6)18-20-11/h3-8,25,27H,1-2H3,(H,21,26);5-7,27H,4H2,1-3H3,(H,21,25);2-5,20H,1H3,(H,15,16,21);1-4,19H. The molecule has 0 saturated heterocycles. The summed E-state index contributed by atoms with van der Waals surface area (Å²) in [6.45, 7) is 6.13. The lowest BCUT2D eigenvalue weighted by Crippen LogP contribution is -2.23. The van der Waals surface area contributed by atoms with Gasteiger partial charge in [-0.3, -0.25) is 24.4 Å². The molecule has 14 rings (SSSR count). The minimum absolute atomic E-state index is 0.0362. The topological polar surface area (TPSA) is 507 Å². The van der Waals surface area contributed by atoms with Crippen LogP contribution in [0.15, 0.2) is 146 Å². The van der Waals surface area contributed by atoms with E-state index in [1.165, 1.54) is 82.8 Å². The van der Waals surface area contributed by atoms with Gasteiger partial charge in [-0.2, -0.15) is 17.5 Å². The number of nitrogens with one attached hydrogen (secondary N) is 4. The minimum Gasteiger partial charge on any atom is -0.505 e. The van der Waals surface area contributed by atoms with Gasteiger partial charge in [0, 0.05) is 73.5 Å². The number of nitrogens with zero attached hydrogens (tertiary/aromatic N) is 21. The third-order valence-corrected chi connectivity index (χ3v) is 17.4. The first kappa shape index (κ1) is 70.6. The van der Waals surface area contributed by atoms with Crippen LogP contribution in [0.25, 0.3) is 54.9 Å². The highest BCUT2D eigenvalue weighted by molar-refractivity contribution is 7.92. The fourth-order valence-corrected chi connectivity index (χ4v) is 12.4. The number of ketones is 1. The van der Waals surface area contributed by atoms with Crippen LogP contribution in [0, 0.1) is 11.6 Å². The van der Waals surface area contributed by atoms with Crippen LogP contribution in [0.2, 0.25) is 0 Å². The molecule has 3 amide bonds. The van der Waals surface area contributed by atoms with E-state index in [4.69, 9.17) is 5.11 Å². The number of aromatic nitrogens is 13. The van der Waals surface area contributed by atoms with Crippen LogP contribution in [0.4, 0.5) is 79.3 Å². The molecule has 36 nitrogen and oxygen atoms in total. The molecule has 0 radical (unpaired) electrons. The van der Waals surface area contributed by atoms with Gasteiger partial charge in [-0.05, 0) is 95.9 Å². The number of rotatable bonds is 13. The van der Waals surface area contributed by atoms with Crippen LogP contribution in [0.5, 0.6) is 23.0 Å². The largest absolute Gasteiger partial charge is 0.505 e.